The van der Waals surface area contributed by atoms with Crippen molar-refractivity contribution in [3.8, 4) is 0 Å². The Bertz CT molecular complexity index is 690. The highest BCUT2D eigenvalue weighted by molar-refractivity contribution is 9.10. The van der Waals surface area contributed by atoms with Gasteiger partial charge in [-0.15, -0.1) is 0 Å². The van der Waals surface area contributed by atoms with E-state index in [-0.39, 0.29) is 17.5 Å². The first-order valence-electron chi connectivity index (χ1n) is 6.74. The van der Waals surface area contributed by atoms with Crippen LogP contribution in [0, 0.1) is 5.82 Å². The molecule has 0 spiro atoms. The van der Waals surface area contributed by atoms with Crippen LogP contribution in [0.5, 0.6) is 0 Å². The molecular formula is C16H14BrFN2O. The first-order valence-corrected chi connectivity index (χ1v) is 7.53. The fourth-order valence-electron chi connectivity index (χ4n) is 2.55. The van der Waals surface area contributed by atoms with Gasteiger partial charge in [-0.2, -0.15) is 0 Å². The molecule has 2 aromatic carbocycles. The van der Waals surface area contributed by atoms with Gasteiger partial charge in [0, 0.05) is 16.7 Å². The fraction of sp³-hybridized carbons (Fsp3) is 0.188. The zero-order chi connectivity index (χ0) is 14.8. The molecule has 0 aromatic heterocycles. The maximum absolute atomic E-state index is 13.8. The Morgan fingerprint density at radius 3 is 2.90 bits per heavy atom. The lowest BCUT2D eigenvalue weighted by atomic mass is 9.90. The van der Waals surface area contributed by atoms with Gasteiger partial charge in [-0.25, -0.2) is 4.39 Å². The molecule has 1 amide bonds. The average molecular weight is 349 g/mol. The summed E-state index contributed by atoms with van der Waals surface area (Å²) in [6, 6.07) is 12.3. The zero-order valence-corrected chi connectivity index (χ0v) is 12.8. The summed E-state index contributed by atoms with van der Waals surface area (Å²) in [5.74, 6) is -0.879. The third-order valence-electron chi connectivity index (χ3n) is 3.59. The van der Waals surface area contributed by atoms with Gasteiger partial charge in [-0.1, -0.05) is 34.1 Å². The number of amides is 1. The van der Waals surface area contributed by atoms with Crippen LogP contribution in [0.15, 0.2) is 46.9 Å². The van der Waals surface area contributed by atoms with Crippen LogP contribution in [-0.4, -0.2) is 12.5 Å². The Labute approximate surface area is 130 Å². The van der Waals surface area contributed by atoms with Gasteiger partial charge in [-0.3, -0.25) is 4.79 Å². The molecule has 0 aliphatic carbocycles. The molecule has 108 valence electrons. The van der Waals surface area contributed by atoms with E-state index in [2.05, 4.69) is 26.6 Å². The van der Waals surface area contributed by atoms with Crippen molar-refractivity contribution in [2.45, 2.75) is 12.3 Å². The van der Waals surface area contributed by atoms with E-state index in [0.717, 1.165) is 17.8 Å². The second-order valence-electron chi connectivity index (χ2n) is 4.97. The number of para-hydroxylation sites is 1. The molecule has 0 saturated carbocycles. The summed E-state index contributed by atoms with van der Waals surface area (Å²) in [6.45, 7) is 0.734. The van der Waals surface area contributed by atoms with E-state index in [1.165, 1.54) is 6.07 Å². The molecule has 1 unspecified atom stereocenters. The Morgan fingerprint density at radius 2 is 2.10 bits per heavy atom. The van der Waals surface area contributed by atoms with Gasteiger partial charge in [0.1, 0.15) is 5.82 Å². The summed E-state index contributed by atoms with van der Waals surface area (Å²) in [6.07, 6.45) is 0.695. The third kappa shape index (κ3) is 2.93. The van der Waals surface area contributed by atoms with E-state index < -0.39 is 5.82 Å². The van der Waals surface area contributed by atoms with Gasteiger partial charge < -0.3 is 10.6 Å². The average Bonchev–Trinajstić information content (AvgIpc) is 2.49. The van der Waals surface area contributed by atoms with Crippen molar-refractivity contribution in [1.29, 1.82) is 0 Å². The molecule has 1 aliphatic rings. The van der Waals surface area contributed by atoms with Crippen molar-refractivity contribution in [2.75, 3.05) is 17.2 Å². The van der Waals surface area contributed by atoms with E-state index in [9.17, 15) is 9.18 Å². The number of nitrogens with one attached hydrogen (secondary N) is 2. The highest BCUT2D eigenvalue weighted by Crippen LogP contribution is 2.32. The Balaban J connectivity index is 1.83. The SMILES string of the molecule is O=C(Nc1ccc(Br)cc1F)C1CCNc2ccccc21. The highest BCUT2D eigenvalue weighted by atomic mass is 79.9. The molecule has 2 aromatic rings. The van der Waals surface area contributed by atoms with Gasteiger partial charge in [0.2, 0.25) is 5.91 Å². The molecule has 1 atom stereocenters. The van der Waals surface area contributed by atoms with Crippen molar-refractivity contribution in [3.63, 3.8) is 0 Å². The maximum Gasteiger partial charge on any atom is 0.232 e. The number of benzene rings is 2. The second-order valence-corrected chi connectivity index (χ2v) is 5.88. The fourth-order valence-corrected chi connectivity index (χ4v) is 2.88. The van der Waals surface area contributed by atoms with Crippen LogP contribution in [0.4, 0.5) is 15.8 Å². The largest absolute Gasteiger partial charge is 0.385 e. The molecule has 1 aliphatic heterocycles. The number of halogens is 2. The monoisotopic (exact) mass is 348 g/mol. The number of anilines is 2. The van der Waals surface area contributed by atoms with E-state index in [0.29, 0.717) is 10.9 Å². The van der Waals surface area contributed by atoms with E-state index in [1.54, 1.807) is 12.1 Å². The number of fused-ring (bicyclic) bond motifs is 1. The Kier molecular flexibility index (Phi) is 3.92. The molecule has 0 fully saturated rings. The quantitative estimate of drug-likeness (QED) is 0.856. The van der Waals surface area contributed by atoms with E-state index >= 15 is 0 Å². The van der Waals surface area contributed by atoms with Crippen LogP contribution >= 0.6 is 15.9 Å². The first kappa shape index (κ1) is 14.1. The van der Waals surface area contributed by atoms with Crippen molar-refractivity contribution in [3.05, 3.63) is 58.3 Å². The van der Waals surface area contributed by atoms with Crippen molar-refractivity contribution >= 4 is 33.2 Å². The lowest BCUT2D eigenvalue weighted by Gasteiger charge is -2.25. The van der Waals surface area contributed by atoms with Crippen LogP contribution in [0.3, 0.4) is 0 Å². The molecule has 0 bridgehead atoms. The highest BCUT2D eigenvalue weighted by Gasteiger charge is 2.26. The number of hydrogen-bond acceptors (Lipinski definition) is 2. The predicted octanol–water partition coefficient (Wildman–Crippen LogP) is 4.13. The Morgan fingerprint density at radius 1 is 1.29 bits per heavy atom. The lowest BCUT2D eigenvalue weighted by Crippen LogP contribution is -2.27. The lowest BCUT2D eigenvalue weighted by molar-refractivity contribution is -0.117. The maximum atomic E-state index is 13.8. The van der Waals surface area contributed by atoms with Crippen LogP contribution in [-0.2, 0) is 4.79 Å². The first-order chi connectivity index (χ1) is 10.1. The van der Waals surface area contributed by atoms with Crippen molar-refractivity contribution < 1.29 is 9.18 Å². The summed E-state index contributed by atoms with van der Waals surface area (Å²) in [5, 5.41) is 5.96. The predicted molar refractivity (Wildman–Crippen MR) is 85.0 cm³/mol. The van der Waals surface area contributed by atoms with E-state index in [1.807, 2.05) is 24.3 Å². The molecular weight excluding hydrogens is 335 g/mol. The normalized spacial score (nSPS) is 16.8. The molecule has 3 rings (SSSR count). The molecule has 3 nitrogen and oxygen atoms in total. The molecule has 5 heteroatoms. The minimum absolute atomic E-state index is 0.176. The second kappa shape index (κ2) is 5.85. The minimum atomic E-state index is -0.444. The van der Waals surface area contributed by atoms with Crippen molar-refractivity contribution in [1.82, 2.24) is 0 Å². The summed E-state index contributed by atoms with van der Waals surface area (Å²) in [5.41, 5.74) is 2.14. The van der Waals surface area contributed by atoms with Gasteiger partial charge in [0.15, 0.2) is 0 Å². The van der Waals surface area contributed by atoms with Crippen LogP contribution in [0.1, 0.15) is 17.9 Å². The third-order valence-corrected chi connectivity index (χ3v) is 4.08. The summed E-state index contributed by atoms with van der Waals surface area (Å²) < 4.78 is 14.5. The van der Waals surface area contributed by atoms with Gasteiger partial charge in [0.25, 0.3) is 0 Å². The molecule has 2 N–H and O–H groups in total. The number of rotatable bonds is 2. The molecule has 0 saturated heterocycles. The summed E-state index contributed by atoms with van der Waals surface area (Å²) >= 11 is 3.20. The van der Waals surface area contributed by atoms with Gasteiger partial charge in [0.05, 0.1) is 11.6 Å². The summed E-state index contributed by atoms with van der Waals surface area (Å²) in [4.78, 5) is 12.5. The van der Waals surface area contributed by atoms with E-state index in [4.69, 9.17) is 0 Å². The van der Waals surface area contributed by atoms with Gasteiger partial charge >= 0.3 is 0 Å². The van der Waals surface area contributed by atoms with Gasteiger partial charge in [-0.05, 0) is 36.2 Å². The molecule has 0 radical (unpaired) electrons. The Hall–Kier alpha value is -1.88. The van der Waals surface area contributed by atoms with Crippen molar-refractivity contribution in [2.24, 2.45) is 0 Å². The number of hydrogen-bond donors (Lipinski definition) is 2. The summed E-state index contributed by atoms with van der Waals surface area (Å²) in [7, 11) is 0. The topological polar surface area (TPSA) is 41.1 Å². The molecule has 21 heavy (non-hydrogen) atoms. The standard InChI is InChI=1S/C16H14BrFN2O/c17-10-5-6-15(13(18)9-10)20-16(21)12-7-8-19-14-4-2-1-3-11(12)14/h1-6,9,12,19H,7-8H2,(H,20,21). The number of carbonyl (C=O) groups excluding carboxylic acids is 1. The van der Waals surface area contributed by atoms with Crippen LogP contribution < -0.4 is 10.6 Å². The zero-order valence-electron chi connectivity index (χ0n) is 11.2. The minimum Gasteiger partial charge on any atom is -0.385 e. The molecule has 1 heterocycles. The van der Waals surface area contributed by atoms with Crippen LogP contribution in [0.2, 0.25) is 0 Å². The number of carbonyl (C=O) groups is 1. The smallest absolute Gasteiger partial charge is 0.232 e. The van der Waals surface area contributed by atoms with Crippen LogP contribution in [0.25, 0.3) is 0 Å².